The summed E-state index contributed by atoms with van der Waals surface area (Å²) in [6.45, 7) is 4.40. The molecule has 0 aliphatic carbocycles. The van der Waals surface area contributed by atoms with Crippen LogP contribution in [-0.4, -0.2) is 14.2 Å². The third-order valence-electron chi connectivity index (χ3n) is 4.37. The number of aryl methyl sites for hydroxylation is 2. The molecule has 0 atom stereocenters. The van der Waals surface area contributed by atoms with Gasteiger partial charge >= 0.3 is 21.7 Å². The van der Waals surface area contributed by atoms with Crippen LogP contribution in [-0.2, 0) is 34.6 Å². The number of methoxy groups -OCH3 is 2. The summed E-state index contributed by atoms with van der Waals surface area (Å²) in [7, 11) is 3.28. The average Bonchev–Trinajstić information content (AvgIpc) is 3.57. The van der Waals surface area contributed by atoms with Crippen molar-refractivity contribution < 1.29 is 31.2 Å². The van der Waals surface area contributed by atoms with Gasteiger partial charge in [-0.05, 0) is 0 Å². The largest absolute Gasteiger partial charge is 4.00 e. The van der Waals surface area contributed by atoms with E-state index in [0.717, 1.165) is 11.5 Å². The second kappa shape index (κ2) is 21.3. The second-order valence-corrected chi connectivity index (χ2v) is 6.97. The van der Waals surface area contributed by atoms with Crippen molar-refractivity contribution in [3.05, 3.63) is 120 Å². The molecule has 0 saturated heterocycles. The maximum absolute atomic E-state index is 4.88. The molecule has 0 radical (unpaired) electrons. The van der Waals surface area contributed by atoms with Crippen LogP contribution in [0, 0.1) is 12.1 Å². The van der Waals surface area contributed by atoms with Crippen LogP contribution >= 0.6 is 0 Å². The van der Waals surface area contributed by atoms with Crippen LogP contribution in [0.3, 0.4) is 0 Å². The molecule has 4 aromatic rings. The van der Waals surface area contributed by atoms with Crippen molar-refractivity contribution in [3.8, 4) is 11.5 Å². The quantitative estimate of drug-likeness (QED) is 0.210. The van der Waals surface area contributed by atoms with Gasteiger partial charge in [-0.3, -0.25) is 0 Å². The van der Waals surface area contributed by atoms with Crippen molar-refractivity contribution in [2.45, 2.75) is 39.5 Å². The maximum atomic E-state index is 4.88. The van der Waals surface area contributed by atoms with E-state index in [2.05, 4.69) is 74.5 Å². The molecule has 0 fully saturated rings. The molecule has 0 aliphatic rings. The Morgan fingerprint density at radius 3 is 1.21 bits per heavy atom. The van der Waals surface area contributed by atoms with Crippen molar-refractivity contribution in [3.63, 3.8) is 0 Å². The Hall–Kier alpha value is -2.55. The van der Waals surface area contributed by atoms with Crippen LogP contribution in [0.5, 0.6) is 11.5 Å². The van der Waals surface area contributed by atoms with Gasteiger partial charge < -0.3 is 9.47 Å². The zero-order valence-corrected chi connectivity index (χ0v) is 21.9. The molecule has 0 aromatic heterocycles. The minimum atomic E-state index is 0. The number of benzene rings is 2. The van der Waals surface area contributed by atoms with Gasteiger partial charge in [-0.25, -0.2) is 24.3 Å². The van der Waals surface area contributed by atoms with Crippen LogP contribution in [0.4, 0.5) is 0 Å². The van der Waals surface area contributed by atoms with Gasteiger partial charge in [0.05, 0.1) is 14.2 Å². The third kappa shape index (κ3) is 15.8. The Morgan fingerprint density at radius 2 is 1.00 bits per heavy atom. The molecule has 172 valence electrons. The normalized spacial score (nSPS) is 8.85. The summed E-state index contributed by atoms with van der Waals surface area (Å²) in [6.07, 6.45) is 4.97. The minimum absolute atomic E-state index is 0. The van der Waals surface area contributed by atoms with E-state index in [-0.39, 0.29) is 21.7 Å². The van der Waals surface area contributed by atoms with Gasteiger partial charge in [0, 0.05) is 11.5 Å². The monoisotopic (exact) mass is 476 g/mol. The first-order valence-electron chi connectivity index (χ1n) is 11.1. The smallest absolute Gasteiger partial charge is 0.554 e. The van der Waals surface area contributed by atoms with Crippen LogP contribution < -0.4 is 9.47 Å². The average molecular weight is 476 g/mol. The maximum Gasteiger partial charge on any atom is 4.00 e. The summed E-state index contributed by atoms with van der Waals surface area (Å²) in [5.74, 6) is 1.71. The Labute approximate surface area is 216 Å². The first-order chi connectivity index (χ1) is 15.7. The molecule has 0 bridgehead atoms. The molecular formula is C30H36O2Ti. The molecule has 4 rings (SSSR count). The molecule has 0 N–H and O–H groups in total. The first kappa shape index (κ1) is 30.5. The van der Waals surface area contributed by atoms with Crippen molar-refractivity contribution in [1.82, 2.24) is 0 Å². The molecule has 0 saturated carbocycles. The van der Waals surface area contributed by atoms with E-state index < -0.39 is 0 Å². The number of ether oxygens (including phenoxy) is 2. The number of rotatable bonds is 6. The summed E-state index contributed by atoms with van der Waals surface area (Å²) in [4.78, 5) is 0. The van der Waals surface area contributed by atoms with Gasteiger partial charge in [0.2, 0.25) is 0 Å². The molecule has 33 heavy (non-hydrogen) atoms. The minimum Gasteiger partial charge on any atom is -0.554 e. The molecule has 3 heteroatoms. The van der Waals surface area contributed by atoms with E-state index in [4.69, 9.17) is 9.47 Å². The summed E-state index contributed by atoms with van der Waals surface area (Å²) < 4.78 is 9.77. The molecular weight excluding hydrogens is 440 g/mol. The van der Waals surface area contributed by atoms with E-state index in [1.54, 1.807) is 26.4 Å². The molecule has 0 amide bonds. The molecule has 0 heterocycles. The summed E-state index contributed by atoms with van der Waals surface area (Å²) >= 11 is 0. The van der Waals surface area contributed by atoms with Crippen LogP contribution in [0.2, 0.25) is 0 Å². The third-order valence-corrected chi connectivity index (χ3v) is 4.37. The van der Waals surface area contributed by atoms with Gasteiger partial charge in [0.15, 0.2) is 0 Å². The van der Waals surface area contributed by atoms with E-state index >= 15 is 0 Å². The van der Waals surface area contributed by atoms with Crippen molar-refractivity contribution in [1.29, 1.82) is 0 Å². The van der Waals surface area contributed by atoms with Gasteiger partial charge in [-0.2, -0.15) is 71.8 Å². The van der Waals surface area contributed by atoms with Crippen LogP contribution in [0.25, 0.3) is 0 Å². The van der Waals surface area contributed by atoms with E-state index in [1.165, 1.54) is 36.8 Å². The Balaban J connectivity index is 0.000000410. The number of hydrogen-bond acceptors (Lipinski definition) is 2. The van der Waals surface area contributed by atoms with Gasteiger partial charge in [0.25, 0.3) is 0 Å². The molecule has 2 nitrogen and oxygen atoms in total. The second-order valence-electron chi connectivity index (χ2n) is 6.97. The summed E-state index contributed by atoms with van der Waals surface area (Å²) in [5, 5.41) is 0. The van der Waals surface area contributed by atoms with E-state index in [1.807, 2.05) is 36.4 Å². The van der Waals surface area contributed by atoms with E-state index in [9.17, 15) is 0 Å². The van der Waals surface area contributed by atoms with Crippen molar-refractivity contribution in [2.75, 3.05) is 14.2 Å². The predicted octanol–water partition coefficient (Wildman–Crippen LogP) is 7.70. The standard InChI is InChI=1S/2C8H11.2C7H7O.Ti/c2*1-2-5-8-6-3-4-7-8;2*1-8-7-5-3-2-4-6-7;/h2*3-4,6-7H,2,5H2,1H3;2*2-3,5-6H,1H3;/q4*-1;+4. The van der Waals surface area contributed by atoms with E-state index in [0.29, 0.717) is 0 Å². The fraction of sp³-hybridized carbons (Fsp3) is 0.267. The zero-order valence-electron chi connectivity index (χ0n) is 20.4. The van der Waals surface area contributed by atoms with Crippen molar-refractivity contribution >= 4 is 0 Å². The van der Waals surface area contributed by atoms with Gasteiger partial charge in [-0.15, -0.1) is 24.3 Å². The molecule has 0 unspecified atom stereocenters. The topological polar surface area (TPSA) is 18.5 Å². The number of hydrogen-bond donors (Lipinski definition) is 0. The van der Waals surface area contributed by atoms with Gasteiger partial charge in [0.1, 0.15) is 0 Å². The molecule has 0 spiro atoms. The van der Waals surface area contributed by atoms with Crippen molar-refractivity contribution in [2.24, 2.45) is 0 Å². The molecule has 0 aliphatic heterocycles. The fourth-order valence-electron chi connectivity index (χ4n) is 2.75. The Morgan fingerprint density at radius 1 is 0.636 bits per heavy atom. The summed E-state index contributed by atoms with van der Waals surface area (Å²) in [5.41, 5.74) is 2.93. The van der Waals surface area contributed by atoms with Gasteiger partial charge in [-0.1, -0.05) is 39.5 Å². The Kier molecular flexibility index (Phi) is 19.7. The zero-order chi connectivity index (χ0) is 23.3. The predicted molar refractivity (Wildman–Crippen MR) is 136 cm³/mol. The summed E-state index contributed by atoms with van der Waals surface area (Å²) in [6, 6.07) is 37.6. The first-order valence-corrected chi connectivity index (χ1v) is 11.1. The fourth-order valence-corrected chi connectivity index (χ4v) is 2.75. The van der Waals surface area contributed by atoms with Crippen LogP contribution in [0.1, 0.15) is 37.8 Å². The van der Waals surface area contributed by atoms with Crippen LogP contribution in [0.15, 0.2) is 97.1 Å². The molecule has 4 aromatic carbocycles. The Bertz CT molecular complexity index is 779. The SMILES string of the molecule is CCC[c-]1cccc1.CCC[c-]1cccc1.COc1c[c-]ccc1.COc1c[c-]ccc1.[Ti+4].